The molecule has 0 aliphatic rings. The summed E-state index contributed by atoms with van der Waals surface area (Å²) in [7, 11) is -4.43. The first kappa shape index (κ1) is 14.6. The van der Waals surface area contributed by atoms with Crippen LogP contribution in [0.15, 0.2) is 28.2 Å². The van der Waals surface area contributed by atoms with Gasteiger partial charge >= 0.3 is 0 Å². The van der Waals surface area contributed by atoms with Crippen LogP contribution in [-0.2, 0) is 14.9 Å². The van der Waals surface area contributed by atoms with E-state index >= 15 is 0 Å². The number of benzene rings is 1. The standard InChI is InChI=1S/C10H9N3O5S/c1-6(14)9(5-11)13-12-8-4-7(19(16,17)18)2-3-10(8)15/h2-4,12,15H,1H3,(H,16,17,18). The molecule has 9 heteroatoms. The van der Waals surface area contributed by atoms with Crippen molar-refractivity contribution in [2.45, 2.75) is 11.8 Å². The van der Waals surface area contributed by atoms with E-state index in [0.29, 0.717) is 0 Å². The second-order valence-corrected chi connectivity index (χ2v) is 4.82. The summed E-state index contributed by atoms with van der Waals surface area (Å²) in [5.41, 5.74) is 1.55. The van der Waals surface area contributed by atoms with Crippen molar-refractivity contribution in [3.63, 3.8) is 0 Å². The Labute approximate surface area is 108 Å². The number of nitrogens with zero attached hydrogens (tertiary/aromatic N) is 2. The minimum atomic E-state index is -4.43. The smallest absolute Gasteiger partial charge is 0.294 e. The molecule has 0 saturated carbocycles. The fourth-order valence-corrected chi connectivity index (χ4v) is 1.57. The SMILES string of the molecule is CC(=O)C(C#N)=NNc1cc(S(=O)(=O)O)ccc1O. The first-order valence-corrected chi connectivity index (χ1v) is 6.25. The van der Waals surface area contributed by atoms with E-state index in [-0.39, 0.29) is 11.4 Å². The first-order valence-electron chi connectivity index (χ1n) is 4.81. The van der Waals surface area contributed by atoms with E-state index in [4.69, 9.17) is 9.81 Å². The second kappa shape index (κ2) is 5.47. The molecule has 0 heterocycles. The number of ketones is 1. The summed E-state index contributed by atoms with van der Waals surface area (Å²) in [5, 5.41) is 21.5. The molecule has 3 N–H and O–H groups in total. The van der Waals surface area contributed by atoms with Crippen molar-refractivity contribution in [2.24, 2.45) is 5.10 Å². The lowest BCUT2D eigenvalue weighted by Gasteiger charge is -2.05. The molecule has 0 aliphatic carbocycles. The van der Waals surface area contributed by atoms with Gasteiger partial charge in [0.2, 0.25) is 5.71 Å². The number of anilines is 1. The van der Waals surface area contributed by atoms with Gasteiger partial charge in [0.25, 0.3) is 10.1 Å². The maximum absolute atomic E-state index is 10.9. The molecule has 0 fully saturated rings. The molecule has 0 bridgehead atoms. The van der Waals surface area contributed by atoms with Crippen LogP contribution in [0.5, 0.6) is 5.75 Å². The van der Waals surface area contributed by atoms with Gasteiger partial charge in [0.1, 0.15) is 11.8 Å². The number of nitrogens with one attached hydrogen (secondary N) is 1. The molecule has 1 aromatic carbocycles. The number of hydrogen-bond donors (Lipinski definition) is 3. The zero-order valence-electron chi connectivity index (χ0n) is 9.65. The Morgan fingerprint density at radius 2 is 2.11 bits per heavy atom. The lowest BCUT2D eigenvalue weighted by Crippen LogP contribution is -2.09. The highest BCUT2D eigenvalue weighted by molar-refractivity contribution is 7.85. The molecule has 1 rings (SSSR count). The number of aromatic hydroxyl groups is 1. The molecular weight excluding hydrogens is 274 g/mol. The van der Waals surface area contributed by atoms with Gasteiger partial charge in [0, 0.05) is 6.92 Å². The predicted octanol–water partition coefficient (Wildman–Crippen LogP) is 0.519. The fourth-order valence-electron chi connectivity index (χ4n) is 1.06. The highest BCUT2D eigenvalue weighted by atomic mass is 32.2. The Bertz CT molecular complexity index is 688. The number of hydrazone groups is 1. The number of Topliss-reactive ketones (excluding diaryl/α,β-unsaturated/α-hetero) is 1. The molecule has 0 atom stereocenters. The predicted molar refractivity (Wildman–Crippen MR) is 65.3 cm³/mol. The van der Waals surface area contributed by atoms with Crippen molar-refractivity contribution in [3.8, 4) is 11.8 Å². The van der Waals surface area contributed by atoms with Crippen LogP contribution in [0.4, 0.5) is 5.69 Å². The summed E-state index contributed by atoms with van der Waals surface area (Å²) < 4.78 is 30.6. The van der Waals surface area contributed by atoms with Gasteiger partial charge in [-0.15, -0.1) is 0 Å². The summed E-state index contributed by atoms with van der Waals surface area (Å²) in [6.45, 7) is 1.12. The maximum Gasteiger partial charge on any atom is 0.294 e. The van der Waals surface area contributed by atoms with Crippen molar-refractivity contribution >= 4 is 27.3 Å². The Hall–Kier alpha value is -2.44. The van der Waals surface area contributed by atoms with Crippen molar-refractivity contribution in [1.82, 2.24) is 0 Å². The topological polar surface area (TPSA) is 140 Å². The van der Waals surface area contributed by atoms with Crippen LogP contribution in [0.1, 0.15) is 6.92 Å². The fraction of sp³-hybridized carbons (Fsp3) is 0.100. The van der Waals surface area contributed by atoms with Gasteiger partial charge in [-0.3, -0.25) is 14.8 Å². The third-order valence-electron chi connectivity index (χ3n) is 1.99. The number of rotatable bonds is 4. The minimum Gasteiger partial charge on any atom is -0.506 e. The Morgan fingerprint density at radius 3 is 2.58 bits per heavy atom. The quantitative estimate of drug-likeness (QED) is 0.316. The van der Waals surface area contributed by atoms with E-state index in [1.807, 2.05) is 0 Å². The van der Waals surface area contributed by atoms with E-state index in [9.17, 15) is 18.3 Å². The molecule has 0 aromatic heterocycles. The van der Waals surface area contributed by atoms with Crippen molar-refractivity contribution in [3.05, 3.63) is 18.2 Å². The highest BCUT2D eigenvalue weighted by Gasteiger charge is 2.13. The van der Waals surface area contributed by atoms with Gasteiger partial charge in [0.15, 0.2) is 5.78 Å². The lowest BCUT2D eigenvalue weighted by atomic mass is 10.3. The van der Waals surface area contributed by atoms with Gasteiger partial charge in [-0.1, -0.05) is 0 Å². The van der Waals surface area contributed by atoms with Crippen LogP contribution >= 0.6 is 0 Å². The number of carbonyl (C=O) groups is 1. The molecule has 8 nitrogen and oxygen atoms in total. The van der Waals surface area contributed by atoms with Crippen LogP contribution in [0.3, 0.4) is 0 Å². The van der Waals surface area contributed by atoms with E-state index in [2.05, 4.69) is 10.5 Å². The van der Waals surface area contributed by atoms with Crippen LogP contribution in [-0.4, -0.2) is 29.6 Å². The molecule has 100 valence electrons. The average molecular weight is 283 g/mol. The molecule has 0 spiro atoms. The number of nitriles is 1. The summed E-state index contributed by atoms with van der Waals surface area (Å²) in [6.07, 6.45) is 0. The molecule has 1 aromatic rings. The zero-order chi connectivity index (χ0) is 14.6. The van der Waals surface area contributed by atoms with E-state index in [0.717, 1.165) is 25.1 Å². The van der Waals surface area contributed by atoms with Gasteiger partial charge < -0.3 is 5.11 Å². The van der Waals surface area contributed by atoms with Crippen LogP contribution in [0.2, 0.25) is 0 Å². The third kappa shape index (κ3) is 3.77. The molecule has 0 amide bonds. The van der Waals surface area contributed by atoms with Crippen molar-refractivity contribution < 1.29 is 22.9 Å². The monoisotopic (exact) mass is 283 g/mol. The van der Waals surface area contributed by atoms with Gasteiger partial charge in [-0.05, 0) is 18.2 Å². The molecule has 0 unspecified atom stereocenters. The average Bonchev–Trinajstić information content (AvgIpc) is 2.30. The molecular formula is C10H9N3O5S. The van der Waals surface area contributed by atoms with Gasteiger partial charge in [-0.2, -0.15) is 18.8 Å². The molecule has 0 saturated heterocycles. The Kier molecular flexibility index (Phi) is 4.21. The van der Waals surface area contributed by atoms with Crippen LogP contribution in [0.25, 0.3) is 0 Å². The summed E-state index contributed by atoms with van der Waals surface area (Å²) in [4.78, 5) is 10.4. The number of hydrogen-bond acceptors (Lipinski definition) is 7. The Balaban J connectivity index is 3.16. The number of phenols is 1. The molecule has 0 aliphatic heterocycles. The zero-order valence-corrected chi connectivity index (χ0v) is 10.5. The van der Waals surface area contributed by atoms with E-state index < -0.39 is 26.5 Å². The highest BCUT2D eigenvalue weighted by Crippen LogP contribution is 2.26. The molecule has 0 radical (unpaired) electrons. The lowest BCUT2D eigenvalue weighted by molar-refractivity contribution is -0.110. The van der Waals surface area contributed by atoms with Crippen molar-refractivity contribution in [1.29, 1.82) is 5.26 Å². The van der Waals surface area contributed by atoms with E-state index in [1.165, 1.54) is 6.07 Å². The van der Waals surface area contributed by atoms with Gasteiger partial charge in [-0.25, -0.2) is 0 Å². The summed E-state index contributed by atoms with van der Waals surface area (Å²) >= 11 is 0. The molecule has 19 heavy (non-hydrogen) atoms. The third-order valence-corrected chi connectivity index (χ3v) is 2.84. The minimum absolute atomic E-state index is 0.177. The number of phenolic OH excluding ortho intramolecular Hbond substituents is 1. The number of carbonyl (C=O) groups excluding carboxylic acids is 1. The first-order chi connectivity index (χ1) is 8.75. The van der Waals surface area contributed by atoms with Crippen LogP contribution < -0.4 is 5.43 Å². The van der Waals surface area contributed by atoms with Gasteiger partial charge in [0.05, 0.1) is 10.6 Å². The summed E-state index contributed by atoms with van der Waals surface area (Å²) in [6, 6.07) is 4.43. The maximum atomic E-state index is 10.9. The van der Waals surface area contributed by atoms with E-state index in [1.54, 1.807) is 0 Å². The van der Waals surface area contributed by atoms with Crippen LogP contribution in [0, 0.1) is 11.3 Å². The Morgan fingerprint density at radius 1 is 1.47 bits per heavy atom. The van der Waals surface area contributed by atoms with Crippen molar-refractivity contribution in [2.75, 3.05) is 5.43 Å². The normalized spacial score (nSPS) is 11.7. The second-order valence-electron chi connectivity index (χ2n) is 3.39. The largest absolute Gasteiger partial charge is 0.506 e. The summed E-state index contributed by atoms with van der Waals surface area (Å²) in [5.74, 6) is -0.961.